The predicted octanol–water partition coefficient (Wildman–Crippen LogP) is 3.62. The quantitative estimate of drug-likeness (QED) is 0.667. The first-order chi connectivity index (χ1) is 4.71. The van der Waals surface area contributed by atoms with Gasteiger partial charge in [0.05, 0.1) is 0 Å². The van der Waals surface area contributed by atoms with Crippen LogP contribution in [0.1, 0.15) is 41.5 Å². The summed E-state index contributed by atoms with van der Waals surface area (Å²) < 4.78 is 3.06. The second kappa shape index (κ2) is 4.21. The van der Waals surface area contributed by atoms with Crippen molar-refractivity contribution in [3.63, 3.8) is 0 Å². The molecule has 0 nitrogen and oxygen atoms in total. The third-order valence-electron chi connectivity index (χ3n) is 1.17. The van der Waals surface area contributed by atoms with Crippen LogP contribution >= 0.6 is 0 Å². The summed E-state index contributed by atoms with van der Waals surface area (Å²) in [5.41, 5.74) is 1.20. The molecule has 0 aliphatic carbocycles. The molecule has 1 heteroatoms. The van der Waals surface area contributed by atoms with Crippen molar-refractivity contribution in [3.05, 3.63) is 0 Å². The van der Waals surface area contributed by atoms with Crippen LogP contribution in [0.5, 0.6) is 0 Å². The summed E-state index contributed by atoms with van der Waals surface area (Å²) in [6.07, 6.45) is 0. The van der Waals surface area contributed by atoms with Crippen LogP contribution in [0.15, 0.2) is 0 Å². The molecule has 0 amide bonds. The summed E-state index contributed by atoms with van der Waals surface area (Å²) in [7, 11) is 0. The van der Waals surface area contributed by atoms with Crippen molar-refractivity contribution in [2.45, 2.75) is 49.8 Å². The van der Waals surface area contributed by atoms with Gasteiger partial charge in [0.15, 0.2) is 0 Å². The molecule has 0 heterocycles. The molecule has 0 aromatic carbocycles. The molecule has 0 aliphatic rings. The first kappa shape index (κ1) is 11.9. The second-order valence-electron chi connectivity index (χ2n) is 5.66. The summed E-state index contributed by atoms with van der Waals surface area (Å²) in [4.78, 5) is 0. The fraction of sp³-hybridized carbons (Fsp3) is 1.00. The topological polar surface area (TPSA) is 0 Å². The number of hydrogen-bond donors (Lipinski definition) is 0. The monoisotopic (exact) mass is 351 g/mol. The maximum absolute atomic E-state index is 2.36. The van der Waals surface area contributed by atoms with Crippen molar-refractivity contribution in [2.24, 2.45) is 10.8 Å². The van der Waals surface area contributed by atoms with E-state index in [1.807, 2.05) is 0 Å². The summed E-state index contributed by atoms with van der Waals surface area (Å²) in [5, 5.41) is 0. The molecule has 0 spiro atoms. The molecule has 11 heavy (non-hydrogen) atoms. The minimum atomic E-state index is -0.147. The van der Waals surface area contributed by atoms with Crippen LogP contribution in [0.3, 0.4) is 0 Å². The molecule has 0 rings (SSSR count). The Morgan fingerprint density at radius 1 is 0.727 bits per heavy atom. The summed E-state index contributed by atoms with van der Waals surface area (Å²) in [6.45, 7) is 14.2. The Labute approximate surface area is 83.7 Å². The Hall–Kier alpha value is 0.883. The van der Waals surface area contributed by atoms with Crippen LogP contribution in [-0.4, -0.2) is 23.2 Å². The molecule has 0 aliphatic heterocycles. The molecule has 0 atom stereocenters. The summed E-state index contributed by atoms with van der Waals surface area (Å²) in [6, 6.07) is 0. The van der Waals surface area contributed by atoms with Gasteiger partial charge in [-0.1, -0.05) is 0 Å². The van der Waals surface area contributed by atoms with Gasteiger partial charge in [-0.15, -0.1) is 0 Å². The van der Waals surface area contributed by atoms with Gasteiger partial charge >= 0.3 is 83.9 Å². The maximum atomic E-state index is 2.36. The fourth-order valence-corrected chi connectivity index (χ4v) is 6.38. The molecule has 0 aromatic rings. The van der Waals surface area contributed by atoms with Gasteiger partial charge in [0.1, 0.15) is 0 Å². The van der Waals surface area contributed by atoms with Crippen molar-refractivity contribution < 1.29 is 0 Å². The van der Waals surface area contributed by atoms with E-state index in [1.54, 1.807) is 0 Å². The third-order valence-corrected chi connectivity index (χ3v) is 10.3. The van der Waals surface area contributed by atoms with Gasteiger partial charge in [0, 0.05) is 0 Å². The molecular weight excluding hydrogens is 329 g/mol. The van der Waals surface area contributed by atoms with Gasteiger partial charge in [-0.05, 0) is 0 Å². The SMILES string of the molecule is CC(C)(C)[CH2][Bi+][CH2]C(C)(C)C. The predicted molar refractivity (Wildman–Crippen MR) is 54.3 cm³/mol. The molecule has 0 unspecified atom stereocenters. The Balaban J connectivity index is 3.44. The zero-order valence-electron chi connectivity index (χ0n) is 8.86. The van der Waals surface area contributed by atoms with Crippen LogP contribution in [0.4, 0.5) is 0 Å². The Morgan fingerprint density at radius 3 is 1.18 bits per heavy atom. The van der Waals surface area contributed by atoms with Crippen molar-refractivity contribution >= 4 is 23.2 Å². The zero-order chi connectivity index (χ0) is 9.12. The van der Waals surface area contributed by atoms with E-state index in [0.717, 1.165) is 0 Å². The molecule has 0 aromatic heterocycles. The molecule has 2 radical (unpaired) electrons. The molecule has 66 valence electrons. The van der Waals surface area contributed by atoms with E-state index in [0.29, 0.717) is 10.8 Å². The van der Waals surface area contributed by atoms with Crippen LogP contribution in [0, 0.1) is 10.8 Å². The molecule has 0 saturated heterocycles. The fourth-order valence-electron chi connectivity index (χ4n) is 0.727. The molecular formula is C10H22Bi+. The van der Waals surface area contributed by atoms with Gasteiger partial charge < -0.3 is 0 Å². The minimum absolute atomic E-state index is 0.147. The van der Waals surface area contributed by atoms with Crippen LogP contribution < -0.4 is 0 Å². The first-order valence-electron chi connectivity index (χ1n) is 4.34. The molecule has 0 bridgehead atoms. The van der Waals surface area contributed by atoms with Gasteiger partial charge in [-0.2, -0.15) is 0 Å². The van der Waals surface area contributed by atoms with Gasteiger partial charge in [-0.25, -0.2) is 0 Å². The van der Waals surface area contributed by atoms with Crippen molar-refractivity contribution in [1.82, 2.24) is 0 Å². The zero-order valence-corrected chi connectivity index (χ0v) is 12.3. The van der Waals surface area contributed by atoms with Gasteiger partial charge in [0.2, 0.25) is 0 Å². The van der Waals surface area contributed by atoms with E-state index < -0.39 is 0 Å². The van der Waals surface area contributed by atoms with Gasteiger partial charge in [0.25, 0.3) is 0 Å². The average Bonchev–Trinajstić information content (AvgIpc) is 1.55. The summed E-state index contributed by atoms with van der Waals surface area (Å²) >= 11 is -0.147. The van der Waals surface area contributed by atoms with Crippen LogP contribution in [0.25, 0.3) is 0 Å². The Morgan fingerprint density at radius 2 is 1.00 bits per heavy atom. The Kier molecular flexibility index (Phi) is 4.55. The van der Waals surface area contributed by atoms with Crippen LogP contribution in [0.2, 0.25) is 8.26 Å². The van der Waals surface area contributed by atoms with E-state index in [4.69, 9.17) is 0 Å². The standard InChI is InChI=1S/2C5H11.Bi/c2*1-5(2,3)4;/h2*1H2,2-4H3;/q;;+1. The molecule has 0 saturated carbocycles. The van der Waals surface area contributed by atoms with Crippen LogP contribution in [-0.2, 0) is 0 Å². The molecule has 0 fully saturated rings. The normalized spacial score (nSPS) is 13.6. The van der Waals surface area contributed by atoms with E-state index in [2.05, 4.69) is 41.5 Å². The van der Waals surface area contributed by atoms with Crippen molar-refractivity contribution in [1.29, 1.82) is 0 Å². The summed E-state index contributed by atoms with van der Waals surface area (Å²) in [5.74, 6) is 0. The van der Waals surface area contributed by atoms with Crippen molar-refractivity contribution in [3.8, 4) is 0 Å². The second-order valence-corrected chi connectivity index (χ2v) is 9.86. The van der Waals surface area contributed by atoms with Crippen molar-refractivity contribution in [2.75, 3.05) is 0 Å². The van der Waals surface area contributed by atoms with E-state index in [1.165, 1.54) is 8.26 Å². The Bertz CT molecular complexity index is 89.0. The van der Waals surface area contributed by atoms with E-state index in [-0.39, 0.29) is 23.2 Å². The number of rotatable bonds is 2. The first-order valence-corrected chi connectivity index (χ1v) is 9.26. The average molecular weight is 351 g/mol. The number of hydrogen-bond acceptors (Lipinski definition) is 0. The van der Waals surface area contributed by atoms with E-state index >= 15 is 0 Å². The third kappa shape index (κ3) is 10.9. The van der Waals surface area contributed by atoms with Gasteiger partial charge in [-0.3, -0.25) is 0 Å². The van der Waals surface area contributed by atoms with E-state index in [9.17, 15) is 0 Å². The molecule has 0 N–H and O–H groups in total.